The number of fused-ring (bicyclic) bond motifs is 1. The normalized spacial score (nSPS) is 26.8. The number of aliphatic hydroxyl groups is 3. The van der Waals surface area contributed by atoms with Gasteiger partial charge in [0, 0.05) is 6.20 Å². The number of halogens is 7. The van der Waals surface area contributed by atoms with Gasteiger partial charge in [0.1, 0.15) is 41.9 Å². The Balaban J connectivity index is 1.78. The Morgan fingerprint density at radius 1 is 1.12 bits per heavy atom. The molecule has 0 bridgehead atoms. The summed E-state index contributed by atoms with van der Waals surface area (Å²) in [6, 6.07) is 2.24. The summed E-state index contributed by atoms with van der Waals surface area (Å²) < 4.78 is 100. The van der Waals surface area contributed by atoms with E-state index in [0.29, 0.717) is 6.07 Å². The molecule has 0 aliphatic carbocycles. The number of hydrogen-bond donors (Lipinski definition) is 4. The largest absolute Gasteiger partial charge is 0.422 e. The molecule has 1 aliphatic heterocycles. The van der Waals surface area contributed by atoms with Gasteiger partial charge in [0.15, 0.2) is 6.23 Å². The van der Waals surface area contributed by atoms with Crippen LogP contribution in [0, 0.1) is 5.82 Å². The van der Waals surface area contributed by atoms with Crippen LogP contribution in [0.25, 0.3) is 11.0 Å². The summed E-state index contributed by atoms with van der Waals surface area (Å²) in [5.74, 6) is -1.91. The summed E-state index contributed by atoms with van der Waals surface area (Å²) in [7, 11) is 0. The van der Waals surface area contributed by atoms with Crippen LogP contribution in [0.3, 0.4) is 0 Å². The molecule has 8 nitrogen and oxygen atoms in total. The zero-order chi connectivity index (χ0) is 25.2. The van der Waals surface area contributed by atoms with Gasteiger partial charge in [-0.15, -0.1) is 0 Å². The second-order valence-electron chi connectivity index (χ2n) is 7.62. The highest BCUT2D eigenvalue weighted by atomic mass is 19.4. The highest BCUT2D eigenvalue weighted by Gasteiger charge is 2.72. The zero-order valence-electron chi connectivity index (χ0n) is 16.6. The Kier molecular flexibility index (Phi) is 5.51. The van der Waals surface area contributed by atoms with E-state index >= 15 is 0 Å². The van der Waals surface area contributed by atoms with Crippen molar-refractivity contribution in [2.45, 2.75) is 42.5 Å². The lowest BCUT2D eigenvalue weighted by Gasteiger charge is -2.35. The lowest BCUT2D eigenvalue weighted by Crippen LogP contribution is -2.60. The maximum Gasteiger partial charge on any atom is 0.422 e. The van der Waals surface area contributed by atoms with Crippen LogP contribution in [-0.2, 0) is 10.9 Å². The van der Waals surface area contributed by atoms with Gasteiger partial charge in [-0.1, -0.05) is 6.07 Å². The third kappa shape index (κ3) is 3.55. The molecule has 4 rings (SSSR count). The maximum atomic E-state index is 14.0. The third-order valence-corrected chi connectivity index (χ3v) is 5.64. The van der Waals surface area contributed by atoms with E-state index in [1.807, 2.05) is 0 Å². The van der Waals surface area contributed by atoms with Gasteiger partial charge in [0.05, 0.1) is 10.9 Å². The van der Waals surface area contributed by atoms with Gasteiger partial charge >= 0.3 is 12.4 Å². The van der Waals surface area contributed by atoms with E-state index in [4.69, 9.17) is 10.5 Å². The summed E-state index contributed by atoms with van der Waals surface area (Å²) in [6.07, 6.45) is -18.4. The number of nitrogen functional groups attached to an aromatic ring is 1. The summed E-state index contributed by atoms with van der Waals surface area (Å²) in [6.45, 7) is 0. The van der Waals surface area contributed by atoms with E-state index in [0.717, 1.165) is 17.1 Å². The van der Waals surface area contributed by atoms with E-state index in [1.54, 1.807) is 0 Å². The fourth-order valence-corrected chi connectivity index (χ4v) is 3.89. The highest BCUT2D eigenvalue weighted by Crippen LogP contribution is 2.51. The molecule has 1 aliphatic rings. The first kappa shape index (κ1) is 24.1. The lowest BCUT2D eigenvalue weighted by molar-refractivity contribution is -0.302. The van der Waals surface area contributed by atoms with Crippen LogP contribution in [-0.4, -0.2) is 53.8 Å². The number of alkyl halides is 6. The Labute approximate surface area is 185 Å². The number of anilines is 1. The van der Waals surface area contributed by atoms with Gasteiger partial charge in [0.2, 0.25) is 5.60 Å². The molecule has 1 aromatic carbocycles. The average molecular weight is 496 g/mol. The molecule has 1 unspecified atom stereocenters. The quantitative estimate of drug-likeness (QED) is 0.411. The summed E-state index contributed by atoms with van der Waals surface area (Å²) in [4.78, 5) is 7.58. The van der Waals surface area contributed by atoms with E-state index < -0.39 is 59.4 Å². The number of rotatable bonds is 3. The smallest absolute Gasteiger partial charge is 0.386 e. The minimum Gasteiger partial charge on any atom is -0.386 e. The molecular weight excluding hydrogens is 481 g/mol. The van der Waals surface area contributed by atoms with Crippen molar-refractivity contribution < 1.29 is 50.8 Å². The van der Waals surface area contributed by atoms with Crippen LogP contribution in [0.4, 0.5) is 36.6 Å². The molecule has 15 heteroatoms. The van der Waals surface area contributed by atoms with Crippen LogP contribution >= 0.6 is 0 Å². The predicted octanol–water partition coefficient (Wildman–Crippen LogP) is 2.46. The second-order valence-corrected chi connectivity index (χ2v) is 7.62. The van der Waals surface area contributed by atoms with Crippen LogP contribution in [0.5, 0.6) is 0 Å². The molecule has 184 valence electrons. The van der Waals surface area contributed by atoms with E-state index in [-0.39, 0.29) is 29.0 Å². The molecule has 1 fully saturated rings. The Morgan fingerprint density at radius 2 is 1.79 bits per heavy atom. The Hall–Kier alpha value is -3.01. The molecule has 3 aromatic rings. The molecule has 5 N–H and O–H groups in total. The van der Waals surface area contributed by atoms with Crippen molar-refractivity contribution >= 4 is 16.9 Å². The van der Waals surface area contributed by atoms with Gasteiger partial charge < -0.3 is 30.4 Å². The fraction of sp³-hybridized carbons (Fsp3) is 0.368. The van der Waals surface area contributed by atoms with Gasteiger partial charge in [-0.25, -0.2) is 14.4 Å². The van der Waals surface area contributed by atoms with Crippen molar-refractivity contribution in [2.75, 3.05) is 5.73 Å². The summed E-state index contributed by atoms with van der Waals surface area (Å²) in [5, 5.41) is 31.7. The van der Waals surface area contributed by atoms with Crippen molar-refractivity contribution in [3.63, 3.8) is 0 Å². The van der Waals surface area contributed by atoms with E-state index in [9.17, 15) is 46.1 Å². The highest BCUT2D eigenvalue weighted by molar-refractivity contribution is 5.86. The number of ether oxygens (including phenoxy) is 1. The maximum absolute atomic E-state index is 14.0. The SMILES string of the molecule is Nc1ncnc2c1ccn2[C@@H]1OC([C@H](O)c2ccc(C(F)(F)F)c(F)c2)[C@](O)(C(F)(F)F)[C@H]1O. The minimum absolute atomic E-state index is 0.0425. The monoisotopic (exact) mass is 496 g/mol. The van der Waals surface area contributed by atoms with Gasteiger partial charge in [-0.2, -0.15) is 26.3 Å². The average Bonchev–Trinajstić information content (AvgIpc) is 3.27. The first-order valence-corrected chi connectivity index (χ1v) is 9.42. The molecule has 0 saturated carbocycles. The number of hydrogen-bond acceptors (Lipinski definition) is 7. The molecule has 34 heavy (non-hydrogen) atoms. The van der Waals surface area contributed by atoms with Crippen molar-refractivity contribution in [2.24, 2.45) is 0 Å². The van der Waals surface area contributed by atoms with Crippen LogP contribution in [0.15, 0.2) is 36.8 Å². The number of aromatic nitrogens is 3. The number of aliphatic hydroxyl groups excluding tert-OH is 2. The molecule has 0 radical (unpaired) electrons. The third-order valence-electron chi connectivity index (χ3n) is 5.64. The first-order valence-electron chi connectivity index (χ1n) is 9.42. The molecule has 0 spiro atoms. The zero-order valence-corrected chi connectivity index (χ0v) is 16.6. The van der Waals surface area contributed by atoms with Crippen LogP contribution in [0.2, 0.25) is 0 Å². The molecule has 3 heterocycles. The van der Waals surface area contributed by atoms with Crippen LogP contribution < -0.4 is 5.73 Å². The standard InChI is InChI=1S/C19H15F7N4O4/c20-10-5-7(1-2-9(10)18(21,22)23)11(31)13-17(33,19(24,25)26)12(32)16(34-13)30-4-3-8-14(27)28-6-29-15(8)30/h1-6,11-13,16,31-33H,(H2,27,28,29)/t11-,12+,13?,16-,17+/m1/s1. The van der Waals surface area contributed by atoms with Gasteiger partial charge in [0.25, 0.3) is 0 Å². The summed E-state index contributed by atoms with van der Waals surface area (Å²) in [5.41, 5.74) is -0.964. The first-order chi connectivity index (χ1) is 15.7. The molecule has 2 aromatic heterocycles. The molecule has 5 atom stereocenters. The molecule has 0 amide bonds. The molecule has 1 saturated heterocycles. The number of nitrogens with two attached hydrogens (primary N) is 1. The van der Waals surface area contributed by atoms with E-state index in [1.165, 1.54) is 6.07 Å². The Bertz CT molecular complexity index is 1230. The number of nitrogens with zero attached hydrogens (tertiary/aromatic N) is 3. The van der Waals surface area contributed by atoms with Crippen LogP contribution in [0.1, 0.15) is 23.5 Å². The number of benzene rings is 1. The molecular formula is C19H15F7N4O4. The van der Waals surface area contributed by atoms with Gasteiger partial charge in [-0.05, 0) is 23.8 Å². The summed E-state index contributed by atoms with van der Waals surface area (Å²) >= 11 is 0. The topological polar surface area (TPSA) is 127 Å². The lowest BCUT2D eigenvalue weighted by atomic mass is 9.85. The van der Waals surface area contributed by atoms with Crippen molar-refractivity contribution in [1.82, 2.24) is 14.5 Å². The Morgan fingerprint density at radius 3 is 2.38 bits per heavy atom. The van der Waals surface area contributed by atoms with Gasteiger partial charge in [-0.3, -0.25) is 0 Å². The van der Waals surface area contributed by atoms with Crippen molar-refractivity contribution in [1.29, 1.82) is 0 Å². The fourth-order valence-electron chi connectivity index (χ4n) is 3.89. The second kappa shape index (κ2) is 7.76. The minimum atomic E-state index is -5.59. The van der Waals surface area contributed by atoms with Crippen molar-refractivity contribution in [3.05, 3.63) is 53.7 Å². The predicted molar refractivity (Wildman–Crippen MR) is 99.2 cm³/mol. The van der Waals surface area contributed by atoms with Crippen molar-refractivity contribution in [3.8, 4) is 0 Å². The van der Waals surface area contributed by atoms with E-state index in [2.05, 4.69) is 9.97 Å².